The topological polar surface area (TPSA) is 32.7 Å². The number of β-amino-alcohol motifs (C(OH)–C–C–N with tert-alkyl or cyclic N) is 1. The zero-order chi connectivity index (χ0) is 14.5. The first-order valence-electron chi connectivity index (χ1n) is 7.65. The molecule has 1 aromatic carbocycles. The number of halogens is 1. The van der Waals surface area contributed by atoms with Crippen molar-refractivity contribution in [1.29, 1.82) is 0 Å². The van der Waals surface area contributed by atoms with E-state index in [1.807, 2.05) is 12.1 Å². The zero-order valence-electron chi connectivity index (χ0n) is 13.3. The minimum atomic E-state index is -0.412. The predicted molar refractivity (Wildman–Crippen MR) is 89.5 cm³/mol. The van der Waals surface area contributed by atoms with Crippen LogP contribution in [0.4, 0.5) is 0 Å². The van der Waals surface area contributed by atoms with Crippen molar-refractivity contribution in [2.45, 2.75) is 39.7 Å². The highest BCUT2D eigenvalue weighted by Gasteiger charge is 2.18. The largest absolute Gasteiger partial charge is 0.491 e. The van der Waals surface area contributed by atoms with Crippen molar-refractivity contribution in [3.63, 3.8) is 0 Å². The van der Waals surface area contributed by atoms with Crippen LogP contribution in [-0.4, -0.2) is 42.4 Å². The maximum atomic E-state index is 10.1. The van der Waals surface area contributed by atoms with Gasteiger partial charge in [-0.2, -0.15) is 0 Å². The number of aryl methyl sites for hydroxylation is 2. The highest BCUT2D eigenvalue weighted by Crippen LogP contribution is 2.18. The average Bonchev–Trinajstić information content (AvgIpc) is 2.43. The van der Waals surface area contributed by atoms with E-state index in [9.17, 15) is 5.11 Å². The second kappa shape index (κ2) is 8.62. The minimum Gasteiger partial charge on any atom is -0.491 e. The molecule has 1 fully saturated rings. The normalized spacial score (nSPS) is 18.1. The smallest absolute Gasteiger partial charge is 0.119 e. The minimum absolute atomic E-state index is 0. The van der Waals surface area contributed by atoms with E-state index in [1.165, 1.54) is 24.0 Å². The van der Waals surface area contributed by atoms with Crippen molar-refractivity contribution in [3.8, 4) is 5.75 Å². The Hall–Kier alpha value is -0.770. The lowest BCUT2D eigenvalue weighted by Crippen LogP contribution is -2.40. The van der Waals surface area contributed by atoms with Crippen molar-refractivity contribution >= 4 is 12.4 Å². The standard InChI is InChI=1S/C17H27NO2.ClH/c1-13-6-8-18(9-7-13)11-16(19)12-20-17-5-4-14(2)15(3)10-17;/h4-5,10,13,16,19H,6-9,11-12H2,1-3H3;1H. The molecule has 1 unspecified atom stereocenters. The molecule has 3 nitrogen and oxygen atoms in total. The second-order valence-electron chi connectivity index (χ2n) is 6.19. The summed E-state index contributed by atoms with van der Waals surface area (Å²) in [5.41, 5.74) is 2.49. The van der Waals surface area contributed by atoms with Gasteiger partial charge in [0.2, 0.25) is 0 Å². The van der Waals surface area contributed by atoms with Crippen LogP contribution in [0, 0.1) is 19.8 Å². The number of nitrogens with zero attached hydrogens (tertiary/aromatic N) is 1. The number of likely N-dealkylation sites (tertiary alicyclic amines) is 1. The molecule has 1 aliphatic rings. The summed E-state index contributed by atoms with van der Waals surface area (Å²) in [6.45, 7) is 9.76. The van der Waals surface area contributed by atoms with Crippen LogP contribution in [-0.2, 0) is 0 Å². The molecule has 0 aliphatic carbocycles. The molecular weight excluding hydrogens is 286 g/mol. The van der Waals surface area contributed by atoms with Crippen molar-refractivity contribution < 1.29 is 9.84 Å². The van der Waals surface area contributed by atoms with Crippen LogP contribution in [0.2, 0.25) is 0 Å². The average molecular weight is 314 g/mol. The number of hydrogen-bond donors (Lipinski definition) is 1. The van der Waals surface area contributed by atoms with Gasteiger partial charge in [0.05, 0.1) is 0 Å². The molecule has 1 saturated heterocycles. The number of benzene rings is 1. The quantitative estimate of drug-likeness (QED) is 0.906. The fourth-order valence-electron chi connectivity index (χ4n) is 2.59. The van der Waals surface area contributed by atoms with E-state index in [2.05, 4.69) is 31.7 Å². The van der Waals surface area contributed by atoms with Gasteiger partial charge in [0, 0.05) is 6.54 Å². The third-order valence-corrected chi connectivity index (χ3v) is 4.27. The van der Waals surface area contributed by atoms with Crippen molar-refractivity contribution in [1.82, 2.24) is 4.90 Å². The maximum absolute atomic E-state index is 10.1. The lowest BCUT2D eigenvalue weighted by Gasteiger charge is -2.31. The van der Waals surface area contributed by atoms with Crippen molar-refractivity contribution in [2.24, 2.45) is 5.92 Å². The van der Waals surface area contributed by atoms with Gasteiger partial charge >= 0.3 is 0 Å². The molecule has 0 saturated carbocycles. The van der Waals surface area contributed by atoms with Gasteiger partial charge in [0.1, 0.15) is 18.5 Å². The zero-order valence-corrected chi connectivity index (χ0v) is 14.2. The molecule has 1 aliphatic heterocycles. The van der Waals surface area contributed by atoms with Gasteiger partial charge in [-0.25, -0.2) is 0 Å². The number of rotatable bonds is 5. The molecule has 0 amide bonds. The van der Waals surface area contributed by atoms with Gasteiger partial charge in [-0.15, -0.1) is 12.4 Å². The number of aliphatic hydroxyl groups is 1. The third-order valence-electron chi connectivity index (χ3n) is 4.27. The lowest BCUT2D eigenvalue weighted by atomic mass is 9.99. The molecule has 4 heteroatoms. The Morgan fingerprint density at radius 2 is 1.90 bits per heavy atom. The first kappa shape index (κ1) is 18.3. The summed E-state index contributed by atoms with van der Waals surface area (Å²) in [6, 6.07) is 6.06. The van der Waals surface area contributed by atoms with Crippen LogP contribution in [0.5, 0.6) is 5.75 Å². The monoisotopic (exact) mass is 313 g/mol. The van der Waals surface area contributed by atoms with Gasteiger partial charge in [0.25, 0.3) is 0 Å². The Morgan fingerprint density at radius 3 is 2.52 bits per heavy atom. The molecule has 1 aromatic rings. The van der Waals surface area contributed by atoms with Crippen LogP contribution >= 0.6 is 12.4 Å². The second-order valence-corrected chi connectivity index (χ2v) is 6.19. The van der Waals surface area contributed by atoms with Crippen LogP contribution in [0.1, 0.15) is 30.9 Å². The van der Waals surface area contributed by atoms with Gasteiger partial charge in [-0.05, 0) is 69.0 Å². The van der Waals surface area contributed by atoms with Crippen molar-refractivity contribution in [3.05, 3.63) is 29.3 Å². The molecule has 1 atom stereocenters. The van der Waals surface area contributed by atoms with Gasteiger partial charge in [0.15, 0.2) is 0 Å². The lowest BCUT2D eigenvalue weighted by molar-refractivity contribution is 0.0563. The molecule has 0 spiro atoms. The molecule has 0 bridgehead atoms. The number of hydrogen-bond acceptors (Lipinski definition) is 3. The van der Waals surface area contributed by atoms with E-state index in [0.717, 1.165) is 31.3 Å². The first-order chi connectivity index (χ1) is 9.54. The van der Waals surface area contributed by atoms with E-state index in [0.29, 0.717) is 6.61 Å². The van der Waals surface area contributed by atoms with E-state index in [-0.39, 0.29) is 12.4 Å². The van der Waals surface area contributed by atoms with Crippen LogP contribution in [0.15, 0.2) is 18.2 Å². The Morgan fingerprint density at radius 1 is 1.24 bits per heavy atom. The predicted octanol–water partition coefficient (Wildman–Crippen LogP) is 3.20. The first-order valence-corrected chi connectivity index (χ1v) is 7.65. The SMILES string of the molecule is Cc1ccc(OCC(O)CN2CCC(C)CC2)cc1C.Cl. The fraction of sp³-hybridized carbons (Fsp3) is 0.647. The van der Waals surface area contributed by atoms with E-state index < -0.39 is 6.10 Å². The van der Waals surface area contributed by atoms with Gasteiger partial charge in [-0.3, -0.25) is 0 Å². The summed E-state index contributed by atoms with van der Waals surface area (Å²) in [7, 11) is 0. The highest BCUT2D eigenvalue weighted by atomic mass is 35.5. The molecular formula is C17H28ClNO2. The summed E-state index contributed by atoms with van der Waals surface area (Å²) in [5, 5.41) is 10.1. The highest BCUT2D eigenvalue weighted by molar-refractivity contribution is 5.85. The molecule has 21 heavy (non-hydrogen) atoms. The van der Waals surface area contributed by atoms with Crippen LogP contribution in [0.25, 0.3) is 0 Å². The molecule has 1 N–H and O–H groups in total. The fourth-order valence-corrected chi connectivity index (χ4v) is 2.59. The molecule has 2 rings (SSSR count). The van der Waals surface area contributed by atoms with Gasteiger partial charge < -0.3 is 14.7 Å². The van der Waals surface area contributed by atoms with E-state index in [1.54, 1.807) is 0 Å². The molecule has 0 aromatic heterocycles. The summed E-state index contributed by atoms with van der Waals surface area (Å²) in [4.78, 5) is 2.34. The Labute approximate surface area is 134 Å². The summed E-state index contributed by atoms with van der Waals surface area (Å²) < 4.78 is 5.69. The molecule has 1 heterocycles. The molecule has 120 valence electrons. The molecule has 0 radical (unpaired) electrons. The van der Waals surface area contributed by atoms with E-state index >= 15 is 0 Å². The maximum Gasteiger partial charge on any atom is 0.119 e. The summed E-state index contributed by atoms with van der Waals surface area (Å²) >= 11 is 0. The Kier molecular flexibility index (Phi) is 7.50. The summed E-state index contributed by atoms with van der Waals surface area (Å²) in [5.74, 6) is 1.68. The third kappa shape index (κ3) is 5.85. The van der Waals surface area contributed by atoms with Crippen LogP contribution < -0.4 is 4.74 Å². The van der Waals surface area contributed by atoms with Crippen LogP contribution in [0.3, 0.4) is 0 Å². The van der Waals surface area contributed by atoms with E-state index in [4.69, 9.17) is 4.74 Å². The van der Waals surface area contributed by atoms with Crippen molar-refractivity contribution in [2.75, 3.05) is 26.2 Å². The number of aliphatic hydroxyl groups excluding tert-OH is 1. The number of piperidine rings is 1. The Balaban J connectivity index is 0.00000220. The summed E-state index contributed by atoms with van der Waals surface area (Å²) in [6.07, 6.45) is 2.07. The van der Waals surface area contributed by atoms with Gasteiger partial charge in [-0.1, -0.05) is 13.0 Å². The Bertz CT molecular complexity index is 431. The number of ether oxygens (including phenoxy) is 1.